The minimum Gasteiger partial charge on any atom is -0.306 e. The van der Waals surface area contributed by atoms with Crippen LogP contribution in [0.5, 0.6) is 0 Å². The number of halogens is 1. The van der Waals surface area contributed by atoms with Gasteiger partial charge in [-0.2, -0.15) is 14.6 Å². The van der Waals surface area contributed by atoms with Gasteiger partial charge in [0, 0.05) is 18.8 Å². The highest BCUT2D eigenvalue weighted by atomic mass is 19.1. The zero-order chi connectivity index (χ0) is 18.3. The fourth-order valence-corrected chi connectivity index (χ4v) is 2.78. The summed E-state index contributed by atoms with van der Waals surface area (Å²) in [6.45, 7) is 1.89. The van der Waals surface area contributed by atoms with Crippen molar-refractivity contribution in [2.45, 2.75) is 6.92 Å². The first-order valence-corrected chi connectivity index (χ1v) is 7.79. The van der Waals surface area contributed by atoms with Crippen molar-refractivity contribution < 1.29 is 9.18 Å². The monoisotopic (exact) mass is 351 g/mol. The summed E-state index contributed by atoms with van der Waals surface area (Å²) in [5, 5.41) is 11.0. The molecule has 0 aliphatic carbocycles. The van der Waals surface area contributed by atoms with Gasteiger partial charge >= 0.3 is 0 Å². The molecule has 0 radical (unpaired) electrons. The first-order valence-electron chi connectivity index (χ1n) is 7.79. The van der Waals surface area contributed by atoms with E-state index in [1.165, 1.54) is 29.0 Å². The molecule has 26 heavy (non-hydrogen) atoms. The Kier molecular flexibility index (Phi) is 3.68. The highest BCUT2D eigenvalue weighted by molar-refractivity contribution is 6.08. The highest BCUT2D eigenvalue weighted by Gasteiger charge is 2.17. The molecule has 0 bridgehead atoms. The van der Waals surface area contributed by atoms with E-state index in [4.69, 9.17) is 0 Å². The molecule has 0 spiro atoms. The lowest BCUT2D eigenvalue weighted by molar-refractivity contribution is 0.102. The molecule has 4 aromatic rings. The van der Waals surface area contributed by atoms with Gasteiger partial charge in [-0.1, -0.05) is 6.07 Å². The van der Waals surface area contributed by atoms with E-state index in [2.05, 4.69) is 25.5 Å². The number of fused-ring (bicyclic) bond motifs is 1. The number of hydrogen-bond acceptors (Lipinski definition) is 5. The van der Waals surface area contributed by atoms with Crippen molar-refractivity contribution in [1.82, 2.24) is 29.4 Å². The number of nitrogens with one attached hydrogen (secondary N) is 1. The molecule has 4 aromatic heterocycles. The van der Waals surface area contributed by atoms with Crippen molar-refractivity contribution >= 4 is 17.4 Å². The molecule has 0 unspecified atom stereocenters. The lowest BCUT2D eigenvalue weighted by atomic mass is 10.1. The van der Waals surface area contributed by atoms with Crippen LogP contribution in [0.3, 0.4) is 0 Å². The van der Waals surface area contributed by atoms with Crippen molar-refractivity contribution in [3.05, 3.63) is 60.1 Å². The minimum atomic E-state index is -0.672. The van der Waals surface area contributed by atoms with Gasteiger partial charge in [-0.3, -0.25) is 9.48 Å². The summed E-state index contributed by atoms with van der Waals surface area (Å²) in [4.78, 5) is 20.5. The topological polar surface area (TPSA) is 90.0 Å². The number of hydrogen-bond donors (Lipinski definition) is 1. The molecular weight excluding hydrogens is 337 g/mol. The van der Waals surface area contributed by atoms with Crippen molar-refractivity contribution in [3.63, 3.8) is 0 Å². The van der Waals surface area contributed by atoms with Crippen molar-refractivity contribution in [2.24, 2.45) is 7.05 Å². The summed E-state index contributed by atoms with van der Waals surface area (Å²) in [7, 11) is 1.82. The molecule has 0 aliphatic heterocycles. The van der Waals surface area contributed by atoms with Gasteiger partial charge in [0.2, 0.25) is 5.95 Å². The number of amides is 1. The van der Waals surface area contributed by atoms with Crippen LogP contribution in [-0.2, 0) is 7.05 Å². The van der Waals surface area contributed by atoms with E-state index in [-0.39, 0.29) is 5.82 Å². The van der Waals surface area contributed by atoms with Gasteiger partial charge < -0.3 is 5.32 Å². The number of aromatic nitrogens is 6. The Balaban J connectivity index is 1.79. The van der Waals surface area contributed by atoms with Gasteiger partial charge in [0.1, 0.15) is 12.1 Å². The highest BCUT2D eigenvalue weighted by Crippen LogP contribution is 2.23. The maximum Gasteiger partial charge on any atom is 0.260 e. The van der Waals surface area contributed by atoms with Crippen LogP contribution in [0.4, 0.5) is 10.2 Å². The summed E-state index contributed by atoms with van der Waals surface area (Å²) in [5.74, 6) is -1.01. The molecule has 4 rings (SSSR count). The third-order valence-electron chi connectivity index (χ3n) is 3.87. The second-order valence-electron chi connectivity index (χ2n) is 5.76. The zero-order valence-corrected chi connectivity index (χ0v) is 14.0. The van der Waals surface area contributed by atoms with Crippen molar-refractivity contribution in [2.75, 3.05) is 5.32 Å². The van der Waals surface area contributed by atoms with Crippen LogP contribution in [0.15, 0.2) is 42.9 Å². The molecule has 0 saturated carbocycles. The first kappa shape index (κ1) is 15.9. The molecule has 0 atom stereocenters. The number of rotatable bonds is 3. The molecule has 130 valence electrons. The molecule has 4 heterocycles. The average Bonchev–Trinajstić information content (AvgIpc) is 3.19. The molecule has 0 saturated heterocycles. The Morgan fingerprint density at radius 2 is 2.12 bits per heavy atom. The lowest BCUT2D eigenvalue weighted by Gasteiger charge is -2.08. The number of nitrogens with zero attached hydrogens (tertiary/aromatic N) is 6. The first-order chi connectivity index (χ1) is 12.5. The molecular formula is C17H14FN7O. The Morgan fingerprint density at radius 1 is 1.27 bits per heavy atom. The van der Waals surface area contributed by atoms with Crippen molar-refractivity contribution in [1.29, 1.82) is 0 Å². The minimum absolute atomic E-state index is 0.120. The van der Waals surface area contributed by atoms with Crippen LogP contribution in [-0.4, -0.2) is 35.3 Å². The van der Waals surface area contributed by atoms with Gasteiger partial charge in [-0.15, -0.1) is 0 Å². The van der Waals surface area contributed by atoms with Gasteiger partial charge in [-0.25, -0.2) is 14.5 Å². The predicted octanol–water partition coefficient (Wildman–Crippen LogP) is 2.22. The van der Waals surface area contributed by atoms with E-state index in [0.717, 1.165) is 17.0 Å². The molecule has 0 fully saturated rings. The zero-order valence-electron chi connectivity index (χ0n) is 14.0. The number of carbonyl (C=O) groups excluding carboxylic acids is 1. The lowest BCUT2D eigenvalue weighted by Crippen LogP contribution is -2.15. The van der Waals surface area contributed by atoms with Crippen molar-refractivity contribution in [3.8, 4) is 11.3 Å². The molecule has 1 amide bonds. The van der Waals surface area contributed by atoms with E-state index in [9.17, 15) is 9.18 Å². The van der Waals surface area contributed by atoms with E-state index >= 15 is 0 Å². The third-order valence-corrected chi connectivity index (χ3v) is 3.87. The van der Waals surface area contributed by atoms with Gasteiger partial charge in [0.05, 0.1) is 17.0 Å². The SMILES string of the molecule is Cc1cc(-c2cc(C(=O)Nc3cccc(F)n3)c3ncnn3c2)n(C)n1. The smallest absolute Gasteiger partial charge is 0.260 e. The van der Waals surface area contributed by atoms with Crippen LogP contribution >= 0.6 is 0 Å². The average molecular weight is 351 g/mol. The van der Waals surface area contributed by atoms with E-state index in [1.807, 2.05) is 20.0 Å². The molecule has 0 aliphatic rings. The fraction of sp³-hybridized carbons (Fsp3) is 0.118. The third kappa shape index (κ3) is 2.79. The maximum atomic E-state index is 13.3. The Bertz CT molecular complexity index is 1130. The summed E-state index contributed by atoms with van der Waals surface area (Å²) in [5.41, 5.74) is 3.13. The predicted molar refractivity (Wildman–Crippen MR) is 92.1 cm³/mol. The second-order valence-corrected chi connectivity index (χ2v) is 5.76. The van der Waals surface area contributed by atoms with Gasteiger partial charge in [0.25, 0.3) is 5.91 Å². The van der Waals surface area contributed by atoms with Crippen LogP contribution in [0, 0.1) is 12.9 Å². The fourth-order valence-electron chi connectivity index (χ4n) is 2.78. The summed E-state index contributed by atoms with van der Waals surface area (Å²) in [6.07, 6.45) is 3.14. The normalized spacial score (nSPS) is 11.0. The van der Waals surface area contributed by atoms with Gasteiger partial charge in [-0.05, 0) is 31.2 Å². The number of carbonyl (C=O) groups is 1. The second kappa shape index (κ2) is 6.03. The van der Waals surface area contributed by atoms with Crippen LogP contribution in [0.1, 0.15) is 16.1 Å². The summed E-state index contributed by atoms with van der Waals surface area (Å²) < 4.78 is 16.5. The Morgan fingerprint density at radius 3 is 2.85 bits per heavy atom. The number of pyridine rings is 2. The largest absolute Gasteiger partial charge is 0.306 e. The quantitative estimate of drug-likeness (QED) is 0.572. The van der Waals surface area contributed by atoms with Crippen LogP contribution in [0.2, 0.25) is 0 Å². The van der Waals surface area contributed by atoms with Crippen LogP contribution < -0.4 is 5.32 Å². The Hall–Kier alpha value is -3.62. The Labute approximate surface area is 147 Å². The van der Waals surface area contributed by atoms with E-state index in [1.54, 1.807) is 16.9 Å². The van der Waals surface area contributed by atoms with Gasteiger partial charge in [0.15, 0.2) is 5.65 Å². The standard InChI is InChI=1S/C17H14FN7O/c1-10-6-13(24(2)23-10)11-7-12(16-19-9-20-25(16)8-11)17(26)22-15-5-3-4-14(18)21-15/h3-9H,1-2H3,(H,21,22,26). The summed E-state index contributed by atoms with van der Waals surface area (Å²) in [6, 6.07) is 7.80. The molecule has 0 aromatic carbocycles. The molecule has 1 N–H and O–H groups in total. The van der Waals surface area contributed by atoms with E-state index < -0.39 is 11.9 Å². The number of anilines is 1. The maximum absolute atomic E-state index is 13.3. The van der Waals surface area contributed by atoms with Crippen LogP contribution in [0.25, 0.3) is 16.9 Å². The number of aryl methyl sites for hydroxylation is 2. The molecule has 8 nitrogen and oxygen atoms in total. The summed E-state index contributed by atoms with van der Waals surface area (Å²) >= 11 is 0. The van der Waals surface area contributed by atoms with E-state index in [0.29, 0.717) is 11.2 Å². The molecule has 9 heteroatoms.